The maximum absolute atomic E-state index is 12.2. The van der Waals surface area contributed by atoms with Crippen molar-refractivity contribution < 1.29 is 4.79 Å². The van der Waals surface area contributed by atoms with E-state index in [1.54, 1.807) is 0 Å². The number of carbonyl (C=O) groups is 1. The van der Waals surface area contributed by atoms with Gasteiger partial charge in [-0.2, -0.15) is 4.98 Å². The van der Waals surface area contributed by atoms with Crippen molar-refractivity contribution >= 4 is 29.0 Å². The van der Waals surface area contributed by atoms with Crippen molar-refractivity contribution in [3.8, 4) is 0 Å². The molecule has 0 saturated heterocycles. The number of carbonyl (C=O) groups excluding carboxylic acids is 1. The average Bonchev–Trinajstić information content (AvgIpc) is 3.11. The number of aromatic nitrogens is 2. The van der Waals surface area contributed by atoms with Crippen LogP contribution in [0.25, 0.3) is 0 Å². The van der Waals surface area contributed by atoms with Crippen LogP contribution >= 0.6 is 0 Å². The van der Waals surface area contributed by atoms with Crippen molar-refractivity contribution in [3.63, 3.8) is 0 Å². The number of hydrogen-bond acceptors (Lipinski definition) is 5. The molecule has 0 unspecified atom stereocenters. The maximum atomic E-state index is 12.2. The summed E-state index contributed by atoms with van der Waals surface area (Å²) in [6, 6.07) is 9.58. The molecule has 6 nitrogen and oxygen atoms in total. The molecule has 1 heterocycles. The fraction of sp³-hybridized carbons (Fsp3) is 0.421. The van der Waals surface area contributed by atoms with Crippen LogP contribution in [0.2, 0.25) is 0 Å². The minimum Gasteiger partial charge on any atom is -0.363 e. The van der Waals surface area contributed by atoms with Gasteiger partial charge in [-0.15, -0.1) is 0 Å². The highest BCUT2D eigenvalue weighted by molar-refractivity contribution is 5.92. The highest BCUT2D eigenvalue weighted by atomic mass is 16.1. The Morgan fingerprint density at radius 1 is 1.08 bits per heavy atom. The van der Waals surface area contributed by atoms with Gasteiger partial charge in [-0.25, -0.2) is 4.98 Å². The summed E-state index contributed by atoms with van der Waals surface area (Å²) in [6.07, 6.45) is 4.33. The van der Waals surface area contributed by atoms with Crippen LogP contribution in [0.4, 0.5) is 23.1 Å². The summed E-state index contributed by atoms with van der Waals surface area (Å²) in [5.41, 5.74) is 2.61. The molecule has 1 amide bonds. The van der Waals surface area contributed by atoms with Gasteiger partial charge in [0.05, 0.1) is 0 Å². The Labute approximate surface area is 148 Å². The number of nitrogens with zero attached hydrogens (tertiary/aromatic N) is 3. The molecular formula is C19H25N5O. The van der Waals surface area contributed by atoms with E-state index in [4.69, 9.17) is 0 Å². The van der Waals surface area contributed by atoms with Crippen LogP contribution in [-0.2, 0) is 4.79 Å². The molecule has 132 valence electrons. The second-order valence-electron chi connectivity index (χ2n) is 6.76. The zero-order valence-corrected chi connectivity index (χ0v) is 15.0. The molecule has 1 aromatic heterocycles. The van der Waals surface area contributed by atoms with Gasteiger partial charge in [0.2, 0.25) is 11.9 Å². The summed E-state index contributed by atoms with van der Waals surface area (Å²) < 4.78 is 0. The van der Waals surface area contributed by atoms with Crippen molar-refractivity contribution in [1.82, 2.24) is 9.97 Å². The minimum atomic E-state index is 0.135. The van der Waals surface area contributed by atoms with E-state index in [0.29, 0.717) is 5.95 Å². The molecule has 2 aromatic rings. The predicted molar refractivity (Wildman–Crippen MR) is 101 cm³/mol. The topological polar surface area (TPSA) is 70.2 Å². The van der Waals surface area contributed by atoms with Crippen LogP contribution in [0.3, 0.4) is 0 Å². The van der Waals surface area contributed by atoms with Crippen LogP contribution in [0.15, 0.2) is 30.3 Å². The first-order chi connectivity index (χ1) is 12.0. The average molecular weight is 339 g/mol. The van der Waals surface area contributed by atoms with Gasteiger partial charge in [-0.05, 0) is 44.0 Å². The molecule has 2 N–H and O–H groups in total. The number of anilines is 4. The van der Waals surface area contributed by atoms with E-state index in [-0.39, 0.29) is 11.8 Å². The van der Waals surface area contributed by atoms with Gasteiger partial charge < -0.3 is 15.5 Å². The lowest BCUT2D eigenvalue weighted by Gasteiger charge is -2.14. The second-order valence-corrected chi connectivity index (χ2v) is 6.76. The number of benzene rings is 1. The fourth-order valence-corrected chi connectivity index (χ4v) is 3.04. The van der Waals surface area contributed by atoms with Crippen molar-refractivity contribution in [2.75, 3.05) is 29.6 Å². The fourth-order valence-electron chi connectivity index (χ4n) is 3.04. The van der Waals surface area contributed by atoms with Crippen molar-refractivity contribution in [3.05, 3.63) is 36.0 Å². The largest absolute Gasteiger partial charge is 0.363 e. The van der Waals surface area contributed by atoms with Crippen molar-refractivity contribution in [2.24, 2.45) is 5.92 Å². The van der Waals surface area contributed by atoms with Crippen LogP contribution in [0.1, 0.15) is 31.4 Å². The molecule has 1 fully saturated rings. The zero-order chi connectivity index (χ0) is 17.8. The Morgan fingerprint density at radius 2 is 1.72 bits per heavy atom. The molecule has 0 atom stereocenters. The SMILES string of the molecule is Cc1cc(N(C)C)nc(Nc2ccc(NC(=O)C3CCCC3)cc2)n1. The van der Waals surface area contributed by atoms with Gasteiger partial charge in [0.25, 0.3) is 0 Å². The Kier molecular flexibility index (Phi) is 5.16. The van der Waals surface area contributed by atoms with Gasteiger partial charge in [-0.3, -0.25) is 4.79 Å². The molecule has 1 aromatic carbocycles. The van der Waals surface area contributed by atoms with Crippen molar-refractivity contribution in [1.29, 1.82) is 0 Å². The van der Waals surface area contributed by atoms with Crippen LogP contribution < -0.4 is 15.5 Å². The van der Waals surface area contributed by atoms with E-state index >= 15 is 0 Å². The first-order valence-electron chi connectivity index (χ1n) is 8.72. The molecule has 0 spiro atoms. The van der Waals surface area contributed by atoms with E-state index in [1.807, 2.05) is 56.3 Å². The molecule has 25 heavy (non-hydrogen) atoms. The van der Waals surface area contributed by atoms with Crippen molar-refractivity contribution in [2.45, 2.75) is 32.6 Å². The molecule has 3 rings (SSSR count). The number of amides is 1. The smallest absolute Gasteiger partial charge is 0.229 e. The van der Waals surface area contributed by atoms with Crippen LogP contribution in [-0.4, -0.2) is 30.0 Å². The molecule has 0 radical (unpaired) electrons. The van der Waals surface area contributed by atoms with E-state index < -0.39 is 0 Å². The molecule has 0 bridgehead atoms. The number of rotatable bonds is 5. The predicted octanol–water partition coefficient (Wildman–Crippen LogP) is 3.72. The number of nitrogens with one attached hydrogen (secondary N) is 2. The maximum Gasteiger partial charge on any atom is 0.229 e. The lowest BCUT2D eigenvalue weighted by atomic mass is 10.1. The van der Waals surface area contributed by atoms with Crippen LogP contribution in [0, 0.1) is 12.8 Å². The monoisotopic (exact) mass is 339 g/mol. The molecular weight excluding hydrogens is 314 g/mol. The van der Waals surface area contributed by atoms with Crippen LogP contribution in [0.5, 0.6) is 0 Å². The quantitative estimate of drug-likeness (QED) is 0.869. The molecule has 0 aliphatic heterocycles. The van der Waals surface area contributed by atoms with Gasteiger partial charge in [0.1, 0.15) is 5.82 Å². The van der Waals surface area contributed by atoms with Gasteiger partial charge in [-0.1, -0.05) is 12.8 Å². The van der Waals surface area contributed by atoms with E-state index in [9.17, 15) is 4.79 Å². The minimum absolute atomic E-state index is 0.135. The first-order valence-corrected chi connectivity index (χ1v) is 8.72. The Hall–Kier alpha value is -2.63. The van der Waals surface area contributed by atoms with E-state index in [2.05, 4.69) is 20.6 Å². The number of aryl methyl sites for hydroxylation is 1. The molecule has 6 heteroatoms. The van der Waals surface area contributed by atoms with Gasteiger partial charge >= 0.3 is 0 Å². The second kappa shape index (κ2) is 7.51. The van der Waals surface area contributed by atoms with Gasteiger partial charge in [0.15, 0.2) is 0 Å². The highest BCUT2D eigenvalue weighted by Gasteiger charge is 2.22. The molecule has 1 aliphatic carbocycles. The Bertz CT molecular complexity index is 736. The van der Waals surface area contributed by atoms with Gasteiger partial charge in [0, 0.05) is 43.1 Å². The Balaban J connectivity index is 1.65. The third kappa shape index (κ3) is 4.47. The first kappa shape index (κ1) is 17.2. The lowest BCUT2D eigenvalue weighted by Crippen LogP contribution is -2.20. The molecule has 1 saturated carbocycles. The normalized spacial score (nSPS) is 14.4. The standard InChI is InChI=1S/C19H25N5O/c1-13-12-17(24(2)3)23-19(20-13)22-16-10-8-15(9-11-16)21-18(25)14-6-4-5-7-14/h8-12,14H,4-7H2,1-3H3,(H,21,25)(H,20,22,23). The zero-order valence-electron chi connectivity index (χ0n) is 15.0. The summed E-state index contributed by atoms with van der Waals surface area (Å²) in [7, 11) is 3.90. The summed E-state index contributed by atoms with van der Waals surface area (Å²) in [4.78, 5) is 23.0. The highest BCUT2D eigenvalue weighted by Crippen LogP contribution is 2.26. The van der Waals surface area contributed by atoms with E-state index in [0.717, 1.165) is 48.6 Å². The number of hydrogen-bond donors (Lipinski definition) is 2. The summed E-state index contributed by atoms with van der Waals surface area (Å²) in [5.74, 6) is 1.72. The lowest BCUT2D eigenvalue weighted by molar-refractivity contribution is -0.119. The Morgan fingerprint density at radius 3 is 2.36 bits per heavy atom. The van der Waals surface area contributed by atoms with E-state index in [1.165, 1.54) is 0 Å². The third-order valence-corrected chi connectivity index (χ3v) is 4.43. The third-order valence-electron chi connectivity index (χ3n) is 4.43. The summed E-state index contributed by atoms with van der Waals surface area (Å²) in [5, 5.41) is 6.22. The molecule has 1 aliphatic rings. The summed E-state index contributed by atoms with van der Waals surface area (Å²) >= 11 is 0. The summed E-state index contributed by atoms with van der Waals surface area (Å²) in [6.45, 7) is 1.95.